The predicted octanol–water partition coefficient (Wildman–Crippen LogP) is -0.446. The molecule has 3 aliphatic heterocycles. The van der Waals surface area contributed by atoms with E-state index in [0.29, 0.717) is 31.9 Å². The van der Waals surface area contributed by atoms with Gasteiger partial charge < -0.3 is 14.9 Å². The van der Waals surface area contributed by atoms with Crippen molar-refractivity contribution in [2.75, 3.05) is 42.6 Å². The number of rotatable bonds is 6. The Morgan fingerprint density at radius 3 is 2.42 bits per heavy atom. The topological polar surface area (TPSA) is 144 Å². The number of nitrogens with one attached hydrogen (secondary N) is 1. The molecule has 0 bridgehead atoms. The number of piperidine rings is 1. The molecular formula is C21H22N4O7S. The Morgan fingerprint density at radius 1 is 1.03 bits per heavy atom. The number of carboxylic acids is 1. The van der Waals surface area contributed by atoms with Gasteiger partial charge in [0.05, 0.1) is 28.3 Å². The lowest BCUT2D eigenvalue weighted by molar-refractivity contribution is -0.136. The molecule has 2 saturated heterocycles. The van der Waals surface area contributed by atoms with E-state index in [9.17, 15) is 28.8 Å². The van der Waals surface area contributed by atoms with Crippen molar-refractivity contribution in [2.45, 2.75) is 18.9 Å². The van der Waals surface area contributed by atoms with Gasteiger partial charge in [-0.15, -0.1) is 11.8 Å². The zero-order valence-corrected chi connectivity index (χ0v) is 18.4. The van der Waals surface area contributed by atoms with E-state index in [1.807, 2.05) is 4.90 Å². The molecule has 1 aromatic rings. The summed E-state index contributed by atoms with van der Waals surface area (Å²) in [5, 5.41) is 10.9. The number of carboxylic acid groups (broad SMARTS) is 1. The molecule has 11 nitrogen and oxygen atoms in total. The molecule has 0 radical (unpaired) electrons. The summed E-state index contributed by atoms with van der Waals surface area (Å²) in [6, 6.07) is 3.93. The third-order valence-electron chi connectivity index (χ3n) is 5.87. The molecule has 0 saturated carbocycles. The molecule has 1 unspecified atom stereocenters. The molecule has 0 aromatic heterocycles. The summed E-state index contributed by atoms with van der Waals surface area (Å²) in [5.74, 6) is -3.38. The molecule has 174 valence electrons. The summed E-state index contributed by atoms with van der Waals surface area (Å²) in [5.41, 5.74) is 1.00. The highest BCUT2D eigenvalue weighted by Crippen LogP contribution is 2.34. The van der Waals surface area contributed by atoms with Gasteiger partial charge in [-0.1, -0.05) is 6.07 Å². The third kappa shape index (κ3) is 4.42. The SMILES string of the molecule is O=C(O)CSCC(=O)N1CCN(c2cccc3c2C(=O)N(C2CCC(=O)NC2=O)C3=O)CC1. The van der Waals surface area contributed by atoms with Crippen molar-refractivity contribution in [3.63, 3.8) is 0 Å². The molecule has 12 heteroatoms. The Morgan fingerprint density at radius 2 is 1.76 bits per heavy atom. The maximum Gasteiger partial charge on any atom is 0.313 e. The van der Waals surface area contributed by atoms with Gasteiger partial charge in [-0.25, -0.2) is 0 Å². The zero-order chi connectivity index (χ0) is 23.7. The van der Waals surface area contributed by atoms with E-state index in [-0.39, 0.29) is 41.4 Å². The van der Waals surface area contributed by atoms with E-state index in [1.165, 1.54) is 0 Å². The van der Waals surface area contributed by atoms with Crippen LogP contribution in [-0.4, -0.2) is 94.1 Å². The van der Waals surface area contributed by atoms with Crippen molar-refractivity contribution in [1.29, 1.82) is 0 Å². The molecule has 3 heterocycles. The molecule has 1 atom stereocenters. The standard InChI is InChI=1S/C21H22N4O7S/c26-15-5-4-14(19(30)22-15)25-20(31)12-2-1-3-13(18(12)21(25)32)23-6-8-24(9-7-23)16(27)10-33-11-17(28)29/h1-3,14H,4-11H2,(H,28,29)(H,22,26,30). The van der Waals surface area contributed by atoms with Crippen molar-refractivity contribution >= 4 is 53.0 Å². The monoisotopic (exact) mass is 474 g/mol. The van der Waals surface area contributed by atoms with Crippen molar-refractivity contribution in [3.05, 3.63) is 29.3 Å². The maximum atomic E-state index is 13.2. The molecule has 3 aliphatic rings. The first kappa shape index (κ1) is 22.8. The number of carbonyl (C=O) groups excluding carboxylic acids is 5. The minimum absolute atomic E-state index is 0.0530. The normalized spacial score (nSPS) is 20.7. The summed E-state index contributed by atoms with van der Waals surface area (Å²) >= 11 is 1.05. The van der Waals surface area contributed by atoms with Crippen molar-refractivity contribution < 1.29 is 33.9 Å². The summed E-state index contributed by atoms with van der Waals surface area (Å²) in [6.45, 7) is 1.67. The fourth-order valence-electron chi connectivity index (χ4n) is 4.27. The Balaban J connectivity index is 1.47. The minimum atomic E-state index is -1.03. The van der Waals surface area contributed by atoms with Gasteiger partial charge in [0.2, 0.25) is 17.7 Å². The number of benzene rings is 1. The van der Waals surface area contributed by atoms with Crippen LogP contribution in [0, 0.1) is 0 Å². The van der Waals surface area contributed by atoms with Crippen LogP contribution in [0.1, 0.15) is 33.6 Å². The number of piperazine rings is 1. The first-order valence-electron chi connectivity index (χ1n) is 10.4. The van der Waals surface area contributed by atoms with Gasteiger partial charge in [0, 0.05) is 32.6 Å². The van der Waals surface area contributed by atoms with Gasteiger partial charge in [0.1, 0.15) is 6.04 Å². The highest BCUT2D eigenvalue weighted by Gasteiger charge is 2.46. The fraction of sp³-hybridized carbons (Fsp3) is 0.429. The Bertz CT molecular complexity index is 1050. The number of fused-ring (bicyclic) bond motifs is 1. The molecule has 1 aromatic carbocycles. The third-order valence-corrected chi connectivity index (χ3v) is 6.77. The van der Waals surface area contributed by atoms with Gasteiger partial charge in [0.15, 0.2) is 0 Å². The Labute approximate surface area is 193 Å². The lowest BCUT2D eigenvalue weighted by Gasteiger charge is -2.36. The van der Waals surface area contributed by atoms with Crippen LogP contribution in [0.4, 0.5) is 5.69 Å². The molecule has 4 rings (SSSR count). The lowest BCUT2D eigenvalue weighted by Crippen LogP contribution is -2.54. The van der Waals surface area contributed by atoms with Crippen molar-refractivity contribution in [3.8, 4) is 0 Å². The molecule has 0 aliphatic carbocycles. The number of nitrogens with zero attached hydrogens (tertiary/aromatic N) is 3. The Hall–Kier alpha value is -3.41. The summed E-state index contributed by atoms with van der Waals surface area (Å²) in [4.78, 5) is 77.4. The van der Waals surface area contributed by atoms with Crippen LogP contribution in [0.3, 0.4) is 0 Å². The minimum Gasteiger partial charge on any atom is -0.481 e. The number of imide groups is 2. The van der Waals surface area contributed by atoms with Crippen molar-refractivity contribution in [1.82, 2.24) is 15.1 Å². The molecule has 2 N–H and O–H groups in total. The summed E-state index contributed by atoms with van der Waals surface area (Å²) < 4.78 is 0. The van der Waals surface area contributed by atoms with Crippen LogP contribution in [0.25, 0.3) is 0 Å². The lowest BCUT2D eigenvalue weighted by atomic mass is 10.0. The number of anilines is 1. The predicted molar refractivity (Wildman–Crippen MR) is 117 cm³/mol. The van der Waals surface area contributed by atoms with Crippen LogP contribution < -0.4 is 10.2 Å². The number of hydrogen-bond donors (Lipinski definition) is 2. The smallest absolute Gasteiger partial charge is 0.313 e. The second-order valence-corrected chi connectivity index (χ2v) is 8.89. The first-order chi connectivity index (χ1) is 15.8. The van der Waals surface area contributed by atoms with E-state index in [4.69, 9.17) is 5.11 Å². The maximum absolute atomic E-state index is 13.2. The highest BCUT2D eigenvalue weighted by molar-refractivity contribution is 8.00. The number of aliphatic carboxylic acids is 1. The van der Waals surface area contributed by atoms with Gasteiger partial charge in [-0.05, 0) is 18.6 Å². The van der Waals surface area contributed by atoms with Crippen LogP contribution in [0.2, 0.25) is 0 Å². The second-order valence-electron chi connectivity index (χ2n) is 7.90. The van der Waals surface area contributed by atoms with Crippen molar-refractivity contribution in [2.24, 2.45) is 0 Å². The number of hydrogen-bond acceptors (Lipinski definition) is 8. The molecule has 0 spiro atoms. The Kier molecular flexibility index (Phi) is 6.36. The van der Waals surface area contributed by atoms with Gasteiger partial charge in [0.25, 0.3) is 11.8 Å². The molecule has 2 fully saturated rings. The largest absolute Gasteiger partial charge is 0.481 e. The second kappa shape index (κ2) is 9.22. The van der Waals surface area contributed by atoms with Crippen LogP contribution >= 0.6 is 11.8 Å². The molecule has 5 amide bonds. The van der Waals surface area contributed by atoms with E-state index >= 15 is 0 Å². The van der Waals surface area contributed by atoms with E-state index < -0.39 is 35.6 Å². The zero-order valence-electron chi connectivity index (χ0n) is 17.6. The molecule has 33 heavy (non-hydrogen) atoms. The van der Waals surface area contributed by atoms with Gasteiger partial charge >= 0.3 is 5.97 Å². The average molecular weight is 474 g/mol. The number of carbonyl (C=O) groups is 6. The van der Waals surface area contributed by atoms with Crippen LogP contribution in [0.5, 0.6) is 0 Å². The average Bonchev–Trinajstić information content (AvgIpc) is 3.04. The quantitative estimate of drug-likeness (QED) is 0.524. The fourth-order valence-corrected chi connectivity index (χ4v) is 4.91. The van der Waals surface area contributed by atoms with E-state index in [2.05, 4.69) is 5.32 Å². The molecular weight excluding hydrogens is 452 g/mol. The highest BCUT2D eigenvalue weighted by atomic mass is 32.2. The number of amides is 5. The summed E-state index contributed by atoms with van der Waals surface area (Å²) in [7, 11) is 0. The van der Waals surface area contributed by atoms with Crippen LogP contribution in [-0.2, 0) is 19.2 Å². The first-order valence-corrected chi connectivity index (χ1v) is 11.6. The van der Waals surface area contributed by atoms with Crippen LogP contribution in [0.15, 0.2) is 18.2 Å². The van der Waals surface area contributed by atoms with E-state index in [0.717, 1.165) is 16.7 Å². The van der Waals surface area contributed by atoms with E-state index in [1.54, 1.807) is 23.1 Å². The van der Waals surface area contributed by atoms with Gasteiger partial charge in [-0.2, -0.15) is 0 Å². The summed E-state index contributed by atoms with van der Waals surface area (Å²) in [6.07, 6.45) is 0.142. The number of thioether (sulfide) groups is 1. The van der Waals surface area contributed by atoms with Gasteiger partial charge in [-0.3, -0.25) is 39.0 Å².